The van der Waals surface area contributed by atoms with Crippen molar-refractivity contribution in [2.45, 2.75) is 23.4 Å². The highest BCUT2D eigenvalue weighted by atomic mass is 35.5. The third-order valence-corrected chi connectivity index (χ3v) is 5.41. The van der Waals surface area contributed by atoms with Gasteiger partial charge in [-0.2, -0.15) is 5.10 Å². The van der Waals surface area contributed by atoms with Gasteiger partial charge in [0.2, 0.25) is 0 Å². The number of ether oxygens (including phenoxy) is 1. The van der Waals surface area contributed by atoms with Crippen molar-refractivity contribution in [1.82, 2.24) is 14.8 Å². The molecule has 2 heterocycles. The third kappa shape index (κ3) is 2.90. The topological polar surface area (TPSA) is 43.2 Å². The maximum absolute atomic E-state index is 14.5. The largest absolute Gasteiger partial charge is 0.354 e. The Morgan fingerprint density at radius 1 is 1.23 bits per heavy atom. The van der Waals surface area contributed by atoms with E-state index in [1.807, 2.05) is 6.26 Å². The molecule has 8 heteroatoms. The van der Waals surface area contributed by atoms with Crippen molar-refractivity contribution < 1.29 is 13.5 Å². The first kappa shape index (κ1) is 17.5. The number of thioether (sulfide) groups is 1. The van der Waals surface area contributed by atoms with Gasteiger partial charge in [0.15, 0.2) is 5.16 Å². The van der Waals surface area contributed by atoms with Crippen LogP contribution >= 0.6 is 23.4 Å². The Labute approximate surface area is 158 Å². The molecule has 1 aliphatic heterocycles. The molecule has 0 radical (unpaired) electrons. The summed E-state index contributed by atoms with van der Waals surface area (Å²) in [6, 6.07) is 10.8. The summed E-state index contributed by atoms with van der Waals surface area (Å²) in [4.78, 5) is 4.19. The van der Waals surface area contributed by atoms with E-state index < -0.39 is 17.5 Å². The lowest BCUT2D eigenvalue weighted by Gasteiger charge is -2.15. The van der Waals surface area contributed by atoms with Crippen LogP contribution in [0, 0.1) is 11.6 Å². The van der Waals surface area contributed by atoms with Crippen LogP contribution in [0.15, 0.2) is 53.9 Å². The Morgan fingerprint density at radius 2 is 2.00 bits per heavy atom. The van der Waals surface area contributed by atoms with Crippen LogP contribution < -0.4 is 0 Å². The molecule has 0 amide bonds. The molecule has 4 nitrogen and oxygen atoms in total. The van der Waals surface area contributed by atoms with Crippen molar-refractivity contribution in [3.05, 3.63) is 76.6 Å². The van der Waals surface area contributed by atoms with E-state index in [1.54, 1.807) is 28.9 Å². The number of nitrogens with zero attached hydrogens (tertiary/aromatic N) is 3. The molecular formula is C18H14ClF2N3OS. The lowest BCUT2D eigenvalue weighted by atomic mass is 9.91. The van der Waals surface area contributed by atoms with Gasteiger partial charge in [-0.05, 0) is 30.0 Å². The Kier molecular flexibility index (Phi) is 4.46. The zero-order valence-corrected chi connectivity index (χ0v) is 15.3. The number of aromatic nitrogens is 3. The molecule has 2 atom stereocenters. The van der Waals surface area contributed by atoms with E-state index in [0.717, 1.165) is 5.56 Å². The van der Waals surface area contributed by atoms with E-state index in [9.17, 15) is 8.78 Å². The van der Waals surface area contributed by atoms with Crippen LogP contribution in [0.4, 0.5) is 8.78 Å². The van der Waals surface area contributed by atoms with Gasteiger partial charge in [0, 0.05) is 5.56 Å². The van der Waals surface area contributed by atoms with Crippen LogP contribution in [0.3, 0.4) is 0 Å². The fraction of sp³-hybridized carbons (Fsp3) is 0.222. The summed E-state index contributed by atoms with van der Waals surface area (Å²) in [5, 5.41) is 4.99. The average molecular weight is 394 g/mol. The van der Waals surface area contributed by atoms with Gasteiger partial charge in [0.1, 0.15) is 29.7 Å². The van der Waals surface area contributed by atoms with Gasteiger partial charge in [-0.15, -0.1) is 0 Å². The van der Waals surface area contributed by atoms with E-state index in [1.165, 1.54) is 36.3 Å². The summed E-state index contributed by atoms with van der Waals surface area (Å²) in [7, 11) is 0. The molecule has 0 aliphatic carbocycles. The summed E-state index contributed by atoms with van der Waals surface area (Å²) in [6.07, 6.45) is 2.81. The molecule has 0 N–H and O–H groups in total. The zero-order valence-electron chi connectivity index (χ0n) is 13.7. The number of epoxide rings is 1. The van der Waals surface area contributed by atoms with Crippen molar-refractivity contribution in [2.24, 2.45) is 0 Å². The number of rotatable bonds is 5. The van der Waals surface area contributed by atoms with Crippen LogP contribution in [-0.2, 0) is 16.9 Å². The minimum Gasteiger partial charge on any atom is -0.354 e. The van der Waals surface area contributed by atoms with Gasteiger partial charge in [0.05, 0.1) is 11.6 Å². The summed E-state index contributed by atoms with van der Waals surface area (Å²) in [5.74, 6) is -0.854. The van der Waals surface area contributed by atoms with Crippen LogP contribution in [0.5, 0.6) is 0 Å². The Morgan fingerprint density at radius 3 is 2.73 bits per heavy atom. The highest BCUT2D eigenvalue weighted by Gasteiger charge is 2.60. The van der Waals surface area contributed by atoms with Crippen LogP contribution in [0.25, 0.3) is 0 Å². The first-order valence-corrected chi connectivity index (χ1v) is 9.45. The number of hydrogen-bond donors (Lipinski definition) is 0. The van der Waals surface area contributed by atoms with E-state index >= 15 is 0 Å². The summed E-state index contributed by atoms with van der Waals surface area (Å²) in [5.41, 5.74) is 0.246. The second-order valence-electron chi connectivity index (χ2n) is 5.94. The van der Waals surface area contributed by atoms with Crippen molar-refractivity contribution in [2.75, 3.05) is 6.26 Å². The van der Waals surface area contributed by atoms with Gasteiger partial charge in [-0.1, -0.05) is 47.6 Å². The Bertz CT molecular complexity index is 950. The smallest absolute Gasteiger partial charge is 0.185 e. The van der Waals surface area contributed by atoms with Crippen molar-refractivity contribution >= 4 is 23.4 Å². The van der Waals surface area contributed by atoms with E-state index in [4.69, 9.17) is 16.3 Å². The van der Waals surface area contributed by atoms with Gasteiger partial charge in [-0.25, -0.2) is 18.4 Å². The number of halogens is 3. The molecular weight excluding hydrogens is 380 g/mol. The SMILES string of the molecule is CSc1ncnn1C[C@@]1(c2ccc(F)cc2)O[C@H]1c1cccc(Cl)c1F. The molecule has 2 aromatic carbocycles. The molecule has 0 unspecified atom stereocenters. The lowest BCUT2D eigenvalue weighted by molar-refractivity contribution is 0.256. The third-order valence-electron chi connectivity index (χ3n) is 4.44. The predicted octanol–water partition coefficient (Wildman–Crippen LogP) is 4.60. The molecule has 0 bridgehead atoms. The number of hydrogen-bond acceptors (Lipinski definition) is 4. The summed E-state index contributed by atoms with van der Waals surface area (Å²) < 4.78 is 35.6. The molecule has 0 spiro atoms. The second-order valence-corrected chi connectivity index (χ2v) is 7.12. The van der Waals surface area contributed by atoms with Gasteiger partial charge < -0.3 is 4.74 Å². The molecule has 1 saturated heterocycles. The molecule has 0 saturated carbocycles. The Hall–Kier alpha value is -1.96. The zero-order chi connectivity index (χ0) is 18.3. The highest BCUT2D eigenvalue weighted by molar-refractivity contribution is 7.98. The van der Waals surface area contributed by atoms with Gasteiger partial charge >= 0.3 is 0 Å². The van der Waals surface area contributed by atoms with E-state index in [-0.39, 0.29) is 10.8 Å². The van der Waals surface area contributed by atoms with Gasteiger partial charge in [-0.3, -0.25) is 0 Å². The Balaban J connectivity index is 1.77. The maximum atomic E-state index is 14.5. The summed E-state index contributed by atoms with van der Waals surface area (Å²) >= 11 is 7.37. The fourth-order valence-corrected chi connectivity index (χ4v) is 3.78. The second kappa shape index (κ2) is 6.64. The fourth-order valence-electron chi connectivity index (χ4n) is 3.12. The molecule has 4 rings (SSSR count). The minimum atomic E-state index is -0.864. The number of benzene rings is 2. The van der Waals surface area contributed by atoms with Crippen molar-refractivity contribution in [1.29, 1.82) is 0 Å². The first-order valence-electron chi connectivity index (χ1n) is 7.85. The average Bonchev–Trinajstić information content (AvgIpc) is 3.17. The quantitative estimate of drug-likeness (QED) is 0.469. The van der Waals surface area contributed by atoms with Crippen LogP contribution in [0.2, 0.25) is 5.02 Å². The van der Waals surface area contributed by atoms with E-state index in [2.05, 4.69) is 10.1 Å². The lowest BCUT2D eigenvalue weighted by Crippen LogP contribution is -2.21. The highest BCUT2D eigenvalue weighted by Crippen LogP contribution is 2.59. The molecule has 1 fully saturated rings. The minimum absolute atomic E-state index is 0.0385. The van der Waals surface area contributed by atoms with Crippen LogP contribution in [-0.4, -0.2) is 21.0 Å². The molecule has 1 aliphatic rings. The maximum Gasteiger partial charge on any atom is 0.185 e. The molecule has 134 valence electrons. The van der Waals surface area contributed by atoms with Crippen molar-refractivity contribution in [3.63, 3.8) is 0 Å². The standard InChI is InChI=1S/C18H14ClF2N3OS/c1-26-17-22-10-23-24(17)9-18(11-5-7-12(20)8-6-11)16(25-18)13-3-2-4-14(19)15(13)21/h2-8,10,16H,9H2,1H3/t16-,18-/m0/s1. The predicted molar refractivity (Wildman–Crippen MR) is 95.1 cm³/mol. The van der Waals surface area contributed by atoms with Crippen LogP contribution in [0.1, 0.15) is 17.2 Å². The molecule has 26 heavy (non-hydrogen) atoms. The molecule has 1 aromatic heterocycles. The molecule has 3 aromatic rings. The first-order chi connectivity index (χ1) is 12.5. The van der Waals surface area contributed by atoms with E-state index in [0.29, 0.717) is 17.3 Å². The van der Waals surface area contributed by atoms with Crippen molar-refractivity contribution in [3.8, 4) is 0 Å². The monoisotopic (exact) mass is 393 g/mol. The van der Waals surface area contributed by atoms with Gasteiger partial charge in [0.25, 0.3) is 0 Å². The normalized spacial score (nSPS) is 21.8. The summed E-state index contributed by atoms with van der Waals surface area (Å²) in [6.45, 7) is 0.325.